The summed E-state index contributed by atoms with van der Waals surface area (Å²) in [6, 6.07) is 3.51. The number of benzene rings is 1. The first-order valence-electron chi connectivity index (χ1n) is 5.03. The molecule has 1 fully saturated rings. The number of nitrogens with zero attached hydrogens (tertiary/aromatic N) is 1. The third kappa shape index (κ3) is 2.80. The van der Waals surface area contributed by atoms with E-state index >= 15 is 0 Å². The lowest BCUT2D eigenvalue weighted by molar-refractivity contribution is -0.117. The van der Waals surface area contributed by atoms with Crippen molar-refractivity contribution in [2.75, 3.05) is 16.8 Å². The largest absolute Gasteiger partial charge is 0.312 e. The Labute approximate surface area is 127 Å². The summed E-state index contributed by atoms with van der Waals surface area (Å²) in [5.74, 6) is 0.465. The lowest BCUT2D eigenvalue weighted by Crippen LogP contribution is -2.24. The number of amides is 1. The van der Waals surface area contributed by atoms with Gasteiger partial charge in [-0.2, -0.15) is 0 Å². The molecule has 0 bridgehead atoms. The topological polar surface area (TPSA) is 20.3 Å². The van der Waals surface area contributed by atoms with Gasteiger partial charge in [0, 0.05) is 24.0 Å². The highest BCUT2D eigenvalue weighted by Gasteiger charge is 2.30. The fourth-order valence-electron chi connectivity index (χ4n) is 1.83. The molecule has 92 valence electrons. The lowest BCUT2D eigenvalue weighted by Gasteiger charge is -2.17. The van der Waals surface area contributed by atoms with Crippen LogP contribution in [0.4, 0.5) is 5.69 Å². The molecule has 1 aromatic carbocycles. The van der Waals surface area contributed by atoms with Crippen molar-refractivity contribution >= 4 is 66.7 Å². The zero-order valence-electron chi connectivity index (χ0n) is 8.72. The van der Waals surface area contributed by atoms with E-state index in [9.17, 15) is 4.79 Å². The van der Waals surface area contributed by atoms with Crippen LogP contribution in [0.1, 0.15) is 6.42 Å². The Balaban J connectivity index is 2.32. The third-order valence-electron chi connectivity index (χ3n) is 2.70. The van der Waals surface area contributed by atoms with Crippen molar-refractivity contribution in [3.8, 4) is 0 Å². The number of carbonyl (C=O) groups is 1. The van der Waals surface area contributed by atoms with Crippen LogP contribution in [-0.2, 0) is 4.79 Å². The quantitative estimate of drug-likeness (QED) is 0.527. The van der Waals surface area contributed by atoms with Crippen LogP contribution in [0.25, 0.3) is 0 Å². The Morgan fingerprint density at radius 2 is 1.94 bits per heavy atom. The molecule has 2 rings (SSSR count). The van der Waals surface area contributed by atoms with E-state index in [2.05, 4.69) is 31.9 Å². The Kier molecular flexibility index (Phi) is 4.40. The highest BCUT2D eigenvalue weighted by Crippen LogP contribution is 2.36. The van der Waals surface area contributed by atoms with E-state index < -0.39 is 0 Å². The first-order valence-corrected chi connectivity index (χ1v) is 7.71. The minimum absolute atomic E-state index is 0.115. The second-order valence-corrected chi connectivity index (χ2v) is 6.21. The van der Waals surface area contributed by atoms with E-state index in [1.807, 2.05) is 0 Å². The molecular weight excluding hydrogens is 393 g/mol. The molecule has 1 aliphatic rings. The number of carbonyl (C=O) groups excluding carboxylic acids is 1. The predicted octanol–water partition coefficient (Wildman–Crippen LogP) is 4.50. The van der Waals surface area contributed by atoms with Gasteiger partial charge in [0.1, 0.15) is 0 Å². The molecule has 0 aromatic heterocycles. The summed E-state index contributed by atoms with van der Waals surface area (Å²) < 4.78 is 0.660. The van der Waals surface area contributed by atoms with Crippen molar-refractivity contribution in [1.29, 1.82) is 0 Å². The molecule has 1 aromatic rings. The van der Waals surface area contributed by atoms with Crippen LogP contribution < -0.4 is 4.90 Å². The van der Waals surface area contributed by atoms with Crippen molar-refractivity contribution in [1.82, 2.24) is 0 Å². The van der Waals surface area contributed by atoms with E-state index in [1.165, 1.54) is 0 Å². The monoisotopic (exact) mass is 399 g/mol. The molecule has 6 heteroatoms. The van der Waals surface area contributed by atoms with Gasteiger partial charge in [-0.3, -0.25) is 4.79 Å². The van der Waals surface area contributed by atoms with Gasteiger partial charge in [0.15, 0.2) is 0 Å². The van der Waals surface area contributed by atoms with Crippen LogP contribution in [-0.4, -0.2) is 17.8 Å². The molecule has 2 nitrogen and oxygen atoms in total. The van der Waals surface area contributed by atoms with Crippen LogP contribution in [0, 0.1) is 5.92 Å². The van der Waals surface area contributed by atoms with Gasteiger partial charge in [0.25, 0.3) is 0 Å². The van der Waals surface area contributed by atoms with Gasteiger partial charge in [-0.25, -0.2) is 0 Å². The fraction of sp³-hybridized carbons (Fsp3) is 0.364. The van der Waals surface area contributed by atoms with E-state index in [1.54, 1.807) is 17.0 Å². The standard InChI is InChI=1S/C11H9Br2Cl2NO/c12-4-6-1-10(17)16(5-6)7-2-8(14)11(13)9(15)3-7/h2-3,6H,1,4-5H2. The second kappa shape index (κ2) is 5.47. The zero-order valence-corrected chi connectivity index (χ0v) is 13.4. The number of hydrogen-bond donors (Lipinski definition) is 0. The van der Waals surface area contributed by atoms with Crippen LogP contribution in [0.2, 0.25) is 10.0 Å². The minimum atomic E-state index is 0.115. The van der Waals surface area contributed by atoms with E-state index in [0.717, 1.165) is 11.0 Å². The Morgan fingerprint density at radius 3 is 2.41 bits per heavy atom. The van der Waals surface area contributed by atoms with Gasteiger partial charge in [0.2, 0.25) is 5.91 Å². The van der Waals surface area contributed by atoms with Crippen molar-refractivity contribution < 1.29 is 4.79 Å². The molecule has 0 radical (unpaired) electrons. The van der Waals surface area contributed by atoms with Crippen LogP contribution >= 0.6 is 55.1 Å². The summed E-state index contributed by atoms with van der Waals surface area (Å²) in [7, 11) is 0. The highest BCUT2D eigenvalue weighted by molar-refractivity contribution is 9.10. The molecule has 1 amide bonds. The number of alkyl halides is 1. The average molecular weight is 402 g/mol. The predicted molar refractivity (Wildman–Crippen MR) is 78.4 cm³/mol. The summed E-state index contributed by atoms with van der Waals surface area (Å²) in [6.45, 7) is 0.707. The maximum atomic E-state index is 11.9. The number of halogens is 4. The first kappa shape index (κ1) is 13.7. The second-order valence-electron chi connectivity index (χ2n) is 3.95. The summed E-state index contributed by atoms with van der Waals surface area (Å²) in [5, 5.41) is 1.86. The molecule has 1 aliphatic heterocycles. The molecule has 0 spiro atoms. The number of rotatable bonds is 2. The first-order chi connectivity index (χ1) is 8.02. The van der Waals surface area contributed by atoms with Crippen LogP contribution in [0.3, 0.4) is 0 Å². The average Bonchev–Trinajstić information content (AvgIpc) is 2.67. The molecule has 1 heterocycles. The Bertz CT molecular complexity index is 444. The van der Waals surface area contributed by atoms with Crippen molar-refractivity contribution in [2.45, 2.75) is 6.42 Å². The van der Waals surface area contributed by atoms with Gasteiger partial charge in [-0.1, -0.05) is 39.1 Å². The van der Waals surface area contributed by atoms with E-state index in [0.29, 0.717) is 33.4 Å². The van der Waals surface area contributed by atoms with Gasteiger partial charge in [-0.15, -0.1) is 0 Å². The number of hydrogen-bond acceptors (Lipinski definition) is 1. The Hall–Kier alpha value is 0.230. The molecular formula is C11H9Br2Cl2NO. The SMILES string of the molecule is O=C1CC(CBr)CN1c1cc(Cl)c(Br)c(Cl)c1. The zero-order chi connectivity index (χ0) is 12.6. The van der Waals surface area contributed by atoms with Crippen molar-refractivity contribution in [3.05, 3.63) is 26.7 Å². The summed E-state index contributed by atoms with van der Waals surface area (Å²) in [4.78, 5) is 13.6. The molecule has 1 saturated heterocycles. The lowest BCUT2D eigenvalue weighted by atomic mass is 10.2. The summed E-state index contributed by atoms with van der Waals surface area (Å²) >= 11 is 18.8. The summed E-state index contributed by atoms with van der Waals surface area (Å²) in [5.41, 5.74) is 0.761. The van der Waals surface area contributed by atoms with Gasteiger partial charge in [-0.05, 0) is 34.0 Å². The van der Waals surface area contributed by atoms with Crippen molar-refractivity contribution in [3.63, 3.8) is 0 Å². The Morgan fingerprint density at radius 1 is 1.35 bits per heavy atom. The van der Waals surface area contributed by atoms with E-state index in [-0.39, 0.29) is 5.91 Å². The molecule has 0 aliphatic carbocycles. The molecule has 17 heavy (non-hydrogen) atoms. The third-order valence-corrected chi connectivity index (χ3v) is 5.53. The van der Waals surface area contributed by atoms with Crippen LogP contribution in [0.5, 0.6) is 0 Å². The van der Waals surface area contributed by atoms with Crippen LogP contribution in [0.15, 0.2) is 16.6 Å². The minimum Gasteiger partial charge on any atom is -0.312 e. The smallest absolute Gasteiger partial charge is 0.227 e. The molecule has 0 N–H and O–H groups in total. The molecule has 0 saturated carbocycles. The van der Waals surface area contributed by atoms with Gasteiger partial charge < -0.3 is 4.90 Å². The molecule has 1 unspecified atom stereocenters. The number of anilines is 1. The van der Waals surface area contributed by atoms with Gasteiger partial charge in [0.05, 0.1) is 14.5 Å². The summed E-state index contributed by atoms with van der Waals surface area (Å²) in [6.07, 6.45) is 0.566. The van der Waals surface area contributed by atoms with Crippen molar-refractivity contribution in [2.24, 2.45) is 5.92 Å². The maximum absolute atomic E-state index is 11.9. The normalized spacial score (nSPS) is 20.1. The maximum Gasteiger partial charge on any atom is 0.227 e. The van der Waals surface area contributed by atoms with E-state index in [4.69, 9.17) is 23.2 Å². The van der Waals surface area contributed by atoms with Gasteiger partial charge >= 0.3 is 0 Å². The highest BCUT2D eigenvalue weighted by atomic mass is 79.9. The fourth-order valence-corrected chi connectivity index (χ4v) is 2.97. The molecule has 1 atom stereocenters.